The topological polar surface area (TPSA) is 68.7 Å². The fraction of sp³-hybridized carbons (Fsp3) is 0.615. The smallest absolute Gasteiger partial charge is 0.410 e. The van der Waals surface area contributed by atoms with Crippen molar-refractivity contribution < 1.29 is 13.9 Å². The first-order valence-electron chi connectivity index (χ1n) is 6.11. The molecule has 0 spiro atoms. The molecule has 1 aliphatic heterocycles. The number of furan rings is 1. The molecule has 5 nitrogen and oxygen atoms in total. The van der Waals surface area contributed by atoms with Crippen LogP contribution >= 0.6 is 0 Å². The summed E-state index contributed by atoms with van der Waals surface area (Å²) in [7, 11) is 0. The zero-order valence-electron chi connectivity index (χ0n) is 11.1. The van der Waals surface area contributed by atoms with E-state index in [0.29, 0.717) is 25.3 Å². The molecule has 0 bridgehead atoms. The maximum atomic E-state index is 11.9. The fourth-order valence-electron chi connectivity index (χ4n) is 2.08. The van der Waals surface area contributed by atoms with Gasteiger partial charge in [0, 0.05) is 13.1 Å². The molecule has 0 aromatic carbocycles. The Kier molecular flexibility index (Phi) is 3.11. The summed E-state index contributed by atoms with van der Waals surface area (Å²) in [5, 5.41) is 0. The van der Waals surface area contributed by atoms with Gasteiger partial charge >= 0.3 is 6.09 Å². The minimum Gasteiger partial charge on any atom is -0.467 e. The van der Waals surface area contributed by atoms with Crippen LogP contribution < -0.4 is 5.73 Å². The van der Waals surface area contributed by atoms with Crippen molar-refractivity contribution in [3.8, 4) is 0 Å². The summed E-state index contributed by atoms with van der Waals surface area (Å²) >= 11 is 0. The van der Waals surface area contributed by atoms with Crippen LogP contribution in [-0.4, -0.2) is 29.7 Å². The van der Waals surface area contributed by atoms with Crippen molar-refractivity contribution in [2.24, 2.45) is 5.73 Å². The third kappa shape index (κ3) is 2.67. The number of carbonyl (C=O) groups excluding carboxylic acids is 1. The van der Waals surface area contributed by atoms with Gasteiger partial charge in [0.05, 0.1) is 11.8 Å². The van der Waals surface area contributed by atoms with Crippen molar-refractivity contribution in [3.05, 3.63) is 24.2 Å². The monoisotopic (exact) mass is 252 g/mol. The molecule has 18 heavy (non-hydrogen) atoms. The number of likely N-dealkylation sites (tertiary alicyclic amines) is 1. The molecule has 0 aliphatic carbocycles. The Morgan fingerprint density at radius 2 is 2.28 bits per heavy atom. The van der Waals surface area contributed by atoms with Gasteiger partial charge in [-0.25, -0.2) is 4.79 Å². The van der Waals surface area contributed by atoms with E-state index in [9.17, 15) is 4.79 Å². The van der Waals surface area contributed by atoms with Gasteiger partial charge in [0.25, 0.3) is 0 Å². The van der Waals surface area contributed by atoms with Gasteiger partial charge in [-0.15, -0.1) is 0 Å². The van der Waals surface area contributed by atoms with E-state index in [0.717, 1.165) is 0 Å². The summed E-state index contributed by atoms with van der Waals surface area (Å²) in [4.78, 5) is 13.6. The predicted molar refractivity (Wildman–Crippen MR) is 67.0 cm³/mol. The number of amides is 1. The minimum absolute atomic E-state index is 0.318. The van der Waals surface area contributed by atoms with Crippen LogP contribution in [0.25, 0.3) is 0 Å². The quantitative estimate of drug-likeness (QED) is 0.830. The summed E-state index contributed by atoms with van der Waals surface area (Å²) in [6, 6.07) is 3.65. The standard InChI is InChI=1S/C13H20N2O3/c1-12(2,3)18-11(16)15-7-6-13(14,9-15)10-5-4-8-17-10/h4-5,8H,6-7,9,14H2,1-3H3. The number of ether oxygens (including phenoxy) is 1. The summed E-state index contributed by atoms with van der Waals surface area (Å²) in [5.74, 6) is 0.716. The van der Waals surface area contributed by atoms with Gasteiger partial charge in [-0.3, -0.25) is 0 Å². The van der Waals surface area contributed by atoms with Gasteiger partial charge in [-0.2, -0.15) is 0 Å². The highest BCUT2D eigenvalue weighted by atomic mass is 16.6. The van der Waals surface area contributed by atoms with Crippen molar-refractivity contribution in [1.29, 1.82) is 0 Å². The van der Waals surface area contributed by atoms with E-state index in [1.807, 2.05) is 26.8 Å². The summed E-state index contributed by atoms with van der Waals surface area (Å²) in [5.41, 5.74) is 5.19. The highest BCUT2D eigenvalue weighted by Gasteiger charge is 2.41. The second-order valence-electron chi connectivity index (χ2n) is 5.79. The third-order valence-corrected chi connectivity index (χ3v) is 2.96. The molecule has 5 heteroatoms. The lowest BCUT2D eigenvalue weighted by Gasteiger charge is -2.26. The maximum absolute atomic E-state index is 11.9. The molecule has 100 valence electrons. The molecule has 1 fully saturated rings. The first kappa shape index (κ1) is 13.0. The number of hydrogen-bond acceptors (Lipinski definition) is 4. The van der Waals surface area contributed by atoms with Gasteiger partial charge < -0.3 is 19.8 Å². The van der Waals surface area contributed by atoms with Crippen LogP contribution in [0, 0.1) is 0 Å². The lowest BCUT2D eigenvalue weighted by Crippen LogP contribution is -2.42. The highest BCUT2D eigenvalue weighted by molar-refractivity contribution is 5.68. The van der Waals surface area contributed by atoms with Crippen molar-refractivity contribution in [2.75, 3.05) is 13.1 Å². The Morgan fingerprint density at radius 1 is 1.56 bits per heavy atom. The van der Waals surface area contributed by atoms with E-state index in [-0.39, 0.29) is 6.09 Å². The molecule has 0 saturated carbocycles. The number of rotatable bonds is 1. The highest BCUT2D eigenvalue weighted by Crippen LogP contribution is 2.30. The van der Waals surface area contributed by atoms with E-state index >= 15 is 0 Å². The zero-order chi connectivity index (χ0) is 13.4. The zero-order valence-corrected chi connectivity index (χ0v) is 11.1. The van der Waals surface area contributed by atoms with Gasteiger partial charge in [0.1, 0.15) is 11.4 Å². The maximum Gasteiger partial charge on any atom is 0.410 e. The van der Waals surface area contributed by atoms with E-state index in [4.69, 9.17) is 14.9 Å². The van der Waals surface area contributed by atoms with E-state index < -0.39 is 11.1 Å². The minimum atomic E-state index is -0.597. The van der Waals surface area contributed by atoms with Gasteiger partial charge in [0.2, 0.25) is 0 Å². The van der Waals surface area contributed by atoms with E-state index in [2.05, 4.69) is 0 Å². The first-order chi connectivity index (χ1) is 8.30. The molecular weight excluding hydrogens is 232 g/mol. The average Bonchev–Trinajstić information content (AvgIpc) is 2.83. The molecule has 1 aliphatic rings. The van der Waals surface area contributed by atoms with Crippen molar-refractivity contribution >= 4 is 6.09 Å². The lowest BCUT2D eigenvalue weighted by molar-refractivity contribution is 0.0282. The average molecular weight is 252 g/mol. The van der Waals surface area contributed by atoms with Crippen LogP contribution in [0.2, 0.25) is 0 Å². The Hall–Kier alpha value is -1.49. The van der Waals surface area contributed by atoms with Crippen LogP contribution in [0.15, 0.2) is 22.8 Å². The normalized spacial score (nSPS) is 24.3. The fourth-order valence-corrected chi connectivity index (χ4v) is 2.08. The van der Waals surface area contributed by atoms with Crippen molar-refractivity contribution in [1.82, 2.24) is 4.90 Å². The first-order valence-corrected chi connectivity index (χ1v) is 6.11. The van der Waals surface area contributed by atoms with Crippen LogP contribution in [0.5, 0.6) is 0 Å². The summed E-state index contributed by atoms with van der Waals surface area (Å²) in [6.45, 7) is 6.57. The molecule has 1 unspecified atom stereocenters. The molecular formula is C13H20N2O3. The third-order valence-electron chi connectivity index (χ3n) is 2.96. The molecule has 1 aromatic rings. The molecule has 1 amide bonds. The Bertz CT molecular complexity index is 422. The Morgan fingerprint density at radius 3 is 2.83 bits per heavy atom. The summed E-state index contributed by atoms with van der Waals surface area (Å²) < 4.78 is 10.7. The molecule has 0 radical (unpaired) electrons. The SMILES string of the molecule is CC(C)(C)OC(=O)N1CCC(N)(c2ccco2)C1. The number of carbonyl (C=O) groups is 1. The van der Waals surface area contributed by atoms with Crippen LogP contribution in [-0.2, 0) is 10.3 Å². The lowest BCUT2D eigenvalue weighted by atomic mass is 9.97. The molecule has 1 saturated heterocycles. The van der Waals surface area contributed by atoms with Gasteiger partial charge in [0.15, 0.2) is 0 Å². The molecule has 2 rings (SSSR count). The molecule has 2 heterocycles. The predicted octanol–water partition coefficient (Wildman–Crippen LogP) is 2.07. The van der Waals surface area contributed by atoms with Gasteiger partial charge in [-0.1, -0.05) is 0 Å². The number of nitrogens with zero attached hydrogens (tertiary/aromatic N) is 1. The number of nitrogens with two attached hydrogens (primary N) is 1. The molecule has 2 N–H and O–H groups in total. The molecule has 1 atom stereocenters. The largest absolute Gasteiger partial charge is 0.467 e. The number of hydrogen-bond donors (Lipinski definition) is 1. The Balaban J connectivity index is 2.02. The van der Waals surface area contributed by atoms with Crippen molar-refractivity contribution in [3.63, 3.8) is 0 Å². The Labute approximate surface area is 107 Å². The van der Waals surface area contributed by atoms with Gasteiger partial charge in [-0.05, 0) is 39.3 Å². The second-order valence-corrected chi connectivity index (χ2v) is 5.79. The van der Waals surface area contributed by atoms with E-state index in [1.54, 1.807) is 17.2 Å². The second kappa shape index (κ2) is 4.31. The van der Waals surface area contributed by atoms with Crippen LogP contribution in [0.3, 0.4) is 0 Å². The summed E-state index contributed by atoms with van der Waals surface area (Å²) in [6.07, 6.45) is 1.96. The van der Waals surface area contributed by atoms with Crippen LogP contribution in [0.1, 0.15) is 33.0 Å². The van der Waals surface area contributed by atoms with E-state index in [1.165, 1.54) is 0 Å². The molecule has 1 aromatic heterocycles. The van der Waals surface area contributed by atoms with Crippen LogP contribution in [0.4, 0.5) is 4.79 Å². The van der Waals surface area contributed by atoms with Crippen molar-refractivity contribution in [2.45, 2.75) is 38.3 Å².